The summed E-state index contributed by atoms with van der Waals surface area (Å²) in [5, 5.41) is 0. The van der Waals surface area contributed by atoms with Crippen molar-refractivity contribution in [2.75, 3.05) is 0 Å². The molecule has 1 atom stereocenters. The van der Waals surface area contributed by atoms with Gasteiger partial charge in [-0.1, -0.05) is 37.3 Å². The average molecular weight is 455 g/mol. The number of carbonyl (C=O) groups excluding carboxylic acids is 2. The van der Waals surface area contributed by atoms with Crippen LogP contribution in [0.25, 0.3) is 0 Å². The first-order valence-corrected chi connectivity index (χ1v) is 12.9. The Labute approximate surface area is 199 Å². The van der Waals surface area contributed by atoms with Crippen molar-refractivity contribution >= 4 is 11.9 Å². The Kier molecular flexibility index (Phi) is 6.44. The highest BCUT2D eigenvalue weighted by Gasteiger charge is 2.52. The van der Waals surface area contributed by atoms with Crippen LogP contribution in [0.3, 0.4) is 0 Å². The van der Waals surface area contributed by atoms with Crippen molar-refractivity contribution in [2.45, 2.75) is 98.2 Å². The highest BCUT2D eigenvalue weighted by atomic mass is 16.6. The molecule has 1 aromatic carbocycles. The summed E-state index contributed by atoms with van der Waals surface area (Å²) >= 11 is 0. The van der Waals surface area contributed by atoms with Gasteiger partial charge in [0.05, 0.1) is 10.8 Å². The maximum Gasteiger partial charge on any atom is 0.312 e. The molecule has 4 saturated carbocycles. The van der Waals surface area contributed by atoms with Gasteiger partial charge in [-0.25, -0.2) is 0 Å². The third-order valence-electron chi connectivity index (χ3n) is 8.86. The van der Waals surface area contributed by atoms with Crippen LogP contribution in [-0.4, -0.2) is 18.0 Å². The number of esters is 2. The fourth-order valence-corrected chi connectivity index (χ4v) is 6.99. The van der Waals surface area contributed by atoms with Crippen LogP contribution in [-0.2, 0) is 24.7 Å². The molecule has 4 fully saturated rings. The summed E-state index contributed by atoms with van der Waals surface area (Å²) < 4.78 is 12.3. The maximum atomic E-state index is 13.5. The minimum absolute atomic E-state index is 0.0725. The largest absolute Gasteiger partial charge is 0.461 e. The van der Waals surface area contributed by atoms with Gasteiger partial charge in [0.2, 0.25) is 0 Å². The third-order valence-corrected chi connectivity index (χ3v) is 8.86. The predicted octanol–water partition coefficient (Wildman–Crippen LogP) is 6.67. The van der Waals surface area contributed by atoms with Crippen LogP contribution in [0, 0.1) is 34.5 Å². The summed E-state index contributed by atoms with van der Waals surface area (Å²) in [7, 11) is 0. The molecule has 5 rings (SSSR count). The lowest BCUT2D eigenvalue weighted by Crippen LogP contribution is -2.51. The number of rotatable bonds is 8. The van der Waals surface area contributed by atoms with Gasteiger partial charge in [-0.2, -0.15) is 0 Å². The van der Waals surface area contributed by atoms with Crippen molar-refractivity contribution in [3.63, 3.8) is 0 Å². The predicted molar refractivity (Wildman–Crippen MR) is 129 cm³/mol. The van der Waals surface area contributed by atoms with Crippen molar-refractivity contribution in [3.05, 3.63) is 35.9 Å². The molecule has 1 aromatic rings. The summed E-state index contributed by atoms with van der Waals surface area (Å²) in [4.78, 5) is 26.8. The van der Waals surface area contributed by atoms with E-state index in [9.17, 15) is 9.59 Å². The lowest BCUT2D eigenvalue weighted by atomic mass is 9.55. The molecule has 0 aromatic heterocycles. The van der Waals surface area contributed by atoms with Gasteiger partial charge in [0.1, 0.15) is 11.7 Å². The lowest BCUT2D eigenvalue weighted by molar-refractivity contribution is -0.185. The highest BCUT2D eigenvalue weighted by Crippen LogP contribution is 2.55. The van der Waals surface area contributed by atoms with Gasteiger partial charge >= 0.3 is 11.9 Å². The molecule has 4 bridgehead atoms. The Morgan fingerprint density at radius 1 is 0.848 bits per heavy atom. The summed E-state index contributed by atoms with van der Waals surface area (Å²) in [6, 6.07) is 9.79. The van der Waals surface area contributed by atoms with E-state index >= 15 is 0 Å². The number of carbonyl (C=O) groups is 2. The molecule has 182 valence electrons. The Morgan fingerprint density at radius 3 is 1.91 bits per heavy atom. The molecule has 0 saturated heterocycles. The Morgan fingerprint density at radius 2 is 1.39 bits per heavy atom. The number of benzene rings is 1. The normalized spacial score (nSPS) is 30.5. The first-order chi connectivity index (χ1) is 15.4. The molecule has 4 heteroatoms. The molecule has 33 heavy (non-hydrogen) atoms. The number of ether oxygens (including phenoxy) is 2. The fraction of sp³-hybridized carbons (Fsp3) is 0.724. The van der Waals surface area contributed by atoms with Crippen molar-refractivity contribution in [1.82, 2.24) is 0 Å². The topological polar surface area (TPSA) is 52.6 Å². The van der Waals surface area contributed by atoms with E-state index in [4.69, 9.17) is 9.47 Å². The highest BCUT2D eigenvalue weighted by molar-refractivity contribution is 5.80. The molecule has 4 aliphatic rings. The van der Waals surface area contributed by atoms with Gasteiger partial charge in [-0.15, -0.1) is 0 Å². The molecule has 0 radical (unpaired) electrons. The molecule has 4 nitrogen and oxygen atoms in total. The van der Waals surface area contributed by atoms with Crippen LogP contribution in [0.15, 0.2) is 30.3 Å². The van der Waals surface area contributed by atoms with E-state index in [2.05, 4.69) is 0 Å². The van der Waals surface area contributed by atoms with Crippen molar-refractivity contribution in [3.8, 4) is 0 Å². The van der Waals surface area contributed by atoms with E-state index in [0.717, 1.165) is 17.4 Å². The summed E-state index contributed by atoms with van der Waals surface area (Å²) in [6.07, 6.45) is 7.39. The van der Waals surface area contributed by atoms with E-state index in [1.807, 2.05) is 71.9 Å². The molecule has 0 aliphatic heterocycles. The summed E-state index contributed by atoms with van der Waals surface area (Å²) in [5.41, 5.74) is -1.30. The first kappa shape index (κ1) is 24.3. The second-order valence-corrected chi connectivity index (χ2v) is 12.5. The molecular formula is C29H42O4. The zero-order valence-electron chi connectivity index (χ0n) is 21.4. The van der Waals surface area contributed by atoms with E-state index in [1.54, 1.807) is 0 Å². The summed E-state index contributed by atoms with van der Waals surface area (Å²) in [6.45, 7) is 11.6. The zero-order valence-corrected chi connectivity index (χ0v) is 21.4. The molecule has 4 aliphatic carbocycles. The summed E-state index contributed by atoms with van der Waals surface area (Å²) in [5.74, 6) is 2.36. The van der Waals surface area contributed by atoms with Crippen LogP contribution in [0.1, 0.15) is 92.1 Å². The molecule has 0 amide bonds. The van der Waals surface area contributed by atoms with Crippen LogP contribution in [0.5, 0.6) is 0 Å². The van der Waals surface area contributed by atoms with E-state index in [0.29, 0.717) is 24.7 Å². The Balaban J connectivity index is 1.42. The van der Waals surface area contributed by atoms with Crippen molar-refractivity contribution < 1.29 is 19.1 Å². The van der Waals surface area contributed by atoms with Crippen molar-refractivity contribution in [1.29, 1.82) is 0 Å². The molecule has 0 N–H and O–H groups in total. The second kappa shape index (κ2) is 8.74. The minimum atomic E-state index is -0.806. The van der Waals surface area contributed by atoms with Gasteiger partial charge in [-0.05, 0) is 109 Å². The van der Waals surface area contributed by atoms with E-state index in [-0.39, 0.29) is 18.0 Å². The smallest absolute Gasteiger partial charge is 0.312 e. The SMILES string of the molecule is CCC(C)(CC(C)(C)C(=O)OC(C)(C)c1ccccc1)C(=O)OC1C2CC3CC(C2)CC1C3. The first-order valence-electron chi connectivity index (χ1n) is 12.9. The Hall–Kier alpha value is -1.84. The van der Waals surface area contributed by atoms with Gasteiger partial charge in [0.25, 0.3) is 0 Å². The second-order valence-electron chi connectivity index (χ2n) is 12.5. The standard InChI is InChI=1S/C29H42O4/c1-7-29(6,26(31)32-24-21-14-19-13-20(16-21)17-22(24)15-19)18-27(2,3)25(30)33-28(4,5)23-11-9-8-10-12-23/h8-12,19-22,24H,7,13-18H2,1-6H3. The lowest BCUT2D eigenvalue weighted by Gasteiger charge is -2.54. The van der Waals surface area contributed by atoms with Gasteiger partial charge in [0.15, 0.2) is 0 Å². The monoisotopic (exact) mass is 454 g/mol. The van der Waals surface area contributed by atoms with Crippen LogP contribution in [0.2, 0.25) is 0 Å². The quantitative estimate of drug-likeness (QED) is 0.412. The average Bonchev–Trinajstić information content (AvgIpc) is 2.75. The van der Waals surface area contributed by atoms with E-state index in [1.165, 1.54) is 32.1 Å². The van der Waals surface area contributed by atoms with Crippen LogP contribution >= 0.6 is 0 Å². The third kappa shape index (κ3) is 4.86. The molecular weight excluding hydrogens is 412 g/mol. The molecule has 0 heterocycles. The van der Waals surface area contributed by atoms with Crippen LogP contribution in [0.4, 0.5) is 0 Å². The van der Waals surface area contributed by atoms with Gasteiger partial charge in [0, 0.05) is 0 Å². The number of hydrogen-bond donors (Lipinski definition) is 0. The minimum Gasteiger partial charge on any atom is -0.461 e. The zero-order chi connectivity index (χ0) is 24.0. The maximum absolute atomic E-state index is 13.5. The fourth-order valence-electron chi connectivity index (χ4n) is 6.99. The molecule has 1 unspecified atom stereocenters. The van der Waals surface area contributed by atoms with Gasteiger partial charge < -0.3 is 9.47 Å². The van der Waals surface area contributed by atoms with Crippen molar-refractivity contribution in [2.24, 2.45) is 34.5 Å². The molecule has 0 spiro atoms. The van der Waals surface area contributed by atoms with E-state index < -0.39 is 16.4 Å². The van der Waals surface area contributed by atoms with Gasteiger partial charge in [-0.3, -0.25) is 9.59 Å². The number of hydrogen-bond acceptors (Lipinski definition) is 4. The Bertz CT molecular complexity index is 843. The van der Waals surface area contributed by atoms with Crippen LogP contribution < -0.4 is 0 Å².